The Morgan fingerprint density at radius 1 is 1.40 bits per heavy atom. The second kappa shape index (κ2) is 6.88. The smallest absolute Gasteiger partial charge is 0.181 e. The summed E-state index contributed by atoms with van der Waals surface area (Å²) in [6.07, 6.45) is 5.43. The Balaban J connectivity index is 0.00000147. The van der Waals surface area contributed by atoms with Crippen LogP contribution >= 0.6 is 12.4 Å². The third-order valence-electron chi connectivity index (χ3n) is 3.54. The largest absolute Gasteiger partial charge is 0.444 e. The van der Waals surface area contributed by atoms with Gasteiger partial charge >= 0.3 is 0 Å². The van der Waals surface area contributed by atoms with Crippen LogP contribution < -0.4 is 5.32 Å². The Kier molecular flexibility index (Phi) is 5.17. The van der Waals surface area contributed by atoms with Crippen molar-refractivity contribution in [3.05, 3.63) is 41.9 Å². The molecule has 4 nitrogen and oxygen atoms in total. The molecule has 0 fully saturated rings. The zero-order valence-corrected chi connectivity index (χ0v) is 12.3. The number of oxazole rings is 1. The molecule has 1 aliphatic rings. The van der Waals surface area contributed by atoms with Gasteiger partial charge in [-0.3, -0.25) is 0 Å². The van der Waals surface area contributed by atoms with Crippen LogP contribution in [-0.2, 0) is 11.2 Å². The number of halogens is 1. The number of nitrogens with one attached hydrogen (secondary N) is 1. The first-order chi connectivity index (χ1) is 9.40. The molecule has 1 N–H and O–H groups in total. The number of hydrogen-bond donors (Lipinski definition) is 1. The lowest BCUT2D eigenvalue weighted by atomic mass is 9.93. The van der Waals surface area contributed by atoms with E-state index < -0.39 is 0 Å². The molecule has 1 atom stereocenters. The van der Waals surface area contributed by atoms with Gasteiger partial charge < -0.3 is 14.5 Å². The minimum Gasteiger partial charge on any atom is -0.444 e. The first-order valence-corrected chi connectivity index (χ1v) is 6.67. The molecule has 3 rings (SSSR count). The Morgan fingerprint density at radius 3 is 3.05 bits per heavy atom. The van der Waals surface area contributed by atoms with Gasteiger partial charge in [0.1, 0.15) is 0 Å². The van der Waals surface area contributed by atoms with Gasteiger partial charge in [-0.15, -0.1) is 12.4 Å². The number of benzene rings is 1. The highest BCUT2D eigenvalue weighted by molar-refractivity contribution is 5.85. The molecule has 0 unspecified atom stereocenters. The summed E-state index contributed by atoms with van der Waals surface area (Å²) in [5.74, 6) is 0.835. The van der Waals surface area contributed by atoms with Gasteiger partial charge in [0, 0.05) is 18.7 Å². The number of ether oxygens (including phenoxy) is 1. The maximum absolute atomic E-state index is 5.93. The molecule has 0 spiro atoms. The molecule has 0 bridgehead atoms. The van der Waals surface area contributed by atoms with Crippen LogP contribution in [0.25, 0.3) is 11.3 Å². The normalized spacial score (nSPS) is 17.9. The zero-order valence-electron chi connectivity index (χ0n) is 11.5. The van der Waals surface area contributed by atoms with Crippen LogP contribution in [0.5, 0.6) is 0 Å². The number of likely N-dealkylation sites (N-methyl/N-ethyl adjacent to an activating group) is 1. The summed E-state index contributed by atoms with van der Waals surface area (Å²) < 4.78 is 11.4. The fourth-order valence-electron chi connectivity index (χ4n) is 2.68. The SMILES string of the molecule is CNC[C@H]1OCCCc2c(-c3cnco3)cccc21.Cl. The maximum Gasteiger partial charge on any atom is 0.181 e. The maximum atomic E-state index is 5.93. The Hall–Kier alpha value is -1.36. The Labute approximate surface area is 125 Å². The Bertz CT molecular complexity index is 543. The van der Waals surface area contributed by atoms with Crippen molar-refractivity contribution in [2.75, 3.05) is 20.2 Å². The minimum absolute atomic E-state index is 0. The van der Waals surface area contributed by atoms with Gasteiger partial charge in [0.2, 0.25) is 0 Å². The summed E-state index contributed by atoms with van der Waals surface area (Å²) in [6.45, 7) is 1.63. The molecule has 2 aromatic rings. The van der Waals surface area contributed by atoms with Gasteiger partial charge in [0.25, 0.3) is 0 Å². The van der Waals surface area contributed by atoms with Crippen LogP contribution in [0.15, 0.2) is 35.2 Å². The summed E-state index contributed by atoms with van der Waals surface area (Å²) in [7, 11) is 1.95. The van der Waals surface area contributed by atoms with Gasteiger partial charge in [-0.25, -0.2) is 4.98 Å². The average molecular weight is 295 g/mol. The van der Waals surface area contributed by atoms with Crippen molar-refractivity contribution in [3.8, 4) is 11.3 Å². The van der Waals surface area contributed by atoms with E-state index in [0.717, 1.165) is 37.3 Å². The zero-order chi connectivity index (χ0) is 13.1. The van der Waals surface area contributed by atoms with Crippen LogP contribution in [-0.4, -0.2) is 25.2 Å². The van der Waals surface area contributed by atoms with Gasteiger partial charge in [0.05, 0.1) is 12.3 Å². The van der Waals surface area contributed by atoms with Crippen molar-refractivity contribution in [2.24, 2.45) is 0 Å². The summed E-state index contributed by atoms with van der Waals surface area (Å²) in [4.78, 5) is 4.02. The third kappa shape index (κ3) is 2.87. The summed E-state index contributed by atoms with van der Waals surface area (Å²) in [5, 5.41) is 3.20. The van der Waals surface area contributed by atoms with Crippen molar-refractivity contribution in [3.63, 3.8) is 0 Å². The lowest BCUT2D eigenvalue weighted by Crippen LogP contribution is -2.19. The third-order valence-corrected chi connectivity index (χ3v) is 3.54. The molecule has 108 valence electrons. The molecule has 1 aliphatic heterocycles. The van der Waals surface area contributed by atoms with Crippen LogP contribution in [0.3, 0.4) is 0 Å². The van der Waals surface area contributed by atoms with E-state index in [4.69, 9.17) is 9.15 Å². The van der Waals surface area contributed by atoms with Crippen LogP contribution in [0.4, 0.5) is 0 Å². The number of nitrogens with zero attached hydrogens (tertiary/aromatic N) is 1. The van der Waals surface area contributed by atoms with Crippen molar-refractivity contribution < 1.29 is 9.15 Å². The quantitative estimate of drug-likeness (QED) is 0.945. The number of aromatic nitrogens is 1. The molecule has 0 saturated carbocycles. The first kappa shape index (κ1) is 15.0. The van der Waals surface area contributed by atoms with Crippen molar-refractivity contribution in [1.82, 2.24) is 10.3 Å². The first-order valence-electron chi connectivity index (χ1n) is 6.67. The second-order valence-corrected chi connectivity index (χ2v) is 4.76. The van der Waals surface area contributed by atoms with E-state index in [1.165, 1.54) is 17.5 Å². The fourth-order valence-corrected chi connectivity index (χ4v) is 2.68. The second-order valence-electron chi connectivity index (χ2n) is 4.76. The van der Waals surface area contributed by atoms with Gasteiger partial charge in [-0.2, -0.15) is 0 Å². The number of fused-ring (bicyclic) bond motifs is 1. The molecule has 0 saturated heterocycles. The molecule has 0 radical (unpaired) electrons. The van der Waals surface area contributed by atoms with E-state index in [9.17, 15) is 0 Å². The lowest BCUT2D eigenvalue weighted by Gasteiger charge is -2.18. The van der Waals surface area contributed by atoms with E-state index >= 15 is 0 Å². The van der Waals surface area contributed by atoms with Crippen molar-refractivity contribution in [1.29, 1.82) is 0 Å². The van der Waals surface area contributed by atoms with Crippen molar-refractivity contribution in [2.45, 2.75) is 18.9 Å². The van der Waals surface area contributed by atoms with Gasteiger partial charge in [0.15, 0.2) is 12.2 Å². The van der Waals surface area contributed by atoms with E-state index in [1.54, 1.807) is 6.20 Å². The summed E-state index contributed by atoms with van der Waals surface area (Å²) in [5.41, 5.74) is 3.74. The van der Waals surface area contributed by atoms with Crippen LogP contribution in [0.2, 0.25) is 0 Å². The highest BCUT2D eigenvalue weighted by Gasteiger charge is 2.22. The molecule has 5 heteroatoms. The average Bonchev–Trinajstić information content (AvgIpc) is 2.89. The number of rotatable bonds is 3. The monoisotopic (exact) mass is 294 g/mol. The lowest BCUT2D eigenvalue weighted by molar-refractivity contribution is 0.0579. The summed E-state index contributed by atoms with van der Waals surface area (Å²) >= 11 is 0. The van der Waals surface area contributed by atoms with Crippen LogP contribution in [0.1, 0.15) is 23.7 Å². The van der Waals surface area contributed by atoms with E-state index in [2.05, 4.69) is 28.5 Å². The molecule has 0 amide bonds. The Morgan fingerprint density at radius 2 is 2.30 bits per heavy atom. The number of hydrogen-bond acceptors (Lipinski definition) is 4. The molecular weight excluding hydrogens is 276 g/mol. The molecule has 1 aromatic heterocycles. The molecule has 1 aromatic carbocycles. The molecular formula is C15H19ClN2O2. The minimum atomic E-state index is 0. The highest BCUT2D eigenvalue weighted by Crippen LogP contribution is 2.33. The van der Waals surface area contributed by atoms with E-state index in [1.807, 2.05) is 7.05 Å². The standard InChI is InChI=1S/C15H18N2O2.ClH/c1-16-8-14-12-4-2-5-13(15-9-17-10-19-15)11(12)6-3-7-18-14;/h2,4-5,9-10,14,16H,3,6-8H2,1H3;1H/t14-;/m1./s1. The van der Waals surface area contributed by atoms with Gasteiger partial charge in [-0.05, 0) is 31.0 Å². The predicted molar refractivity (Wildman–Crippen MR) is 80.1 cm³/mol. The topological polar surface area (TPSA) is 47.3 Å². The van der Waals surface area contributed by atoms with Crippen LogP contribution in [0, 0.1) is 0 Å². The predicted octanol–water partition coefficient (Wildman–Crippen LogP) is 2.99. The molecule has 20 heavy (non-hydrogen) atoms. The molecule has 2 heterocycles. The van der Waals surface area contributed by atoms with E-state index in [-0.39, 0.29) is 18.5 Å². The van der Waals surface area contributed by atoms with E-state index in [0.29, 0.717) is 0 Å². The van der Waals surface area contributed by atoms with Gasteiger partial charge in [-0.1, -0.05) is 18.2 Å². The fraction of sp³-hybridized carbons (Fsp3) is 0.400. The molecule has 0 aliphatic carbocycles. The highest BCUT2D eigenvalue weighted by atomic mass is 35.5. The summed E-state index contributed by atoms with van der Waals surface area (Å²) in [6, 6.07) is 6.32. The van der Waals surface area contributed by atoms with Crippen molar-refractivity contribution >= 4 is 12.4 Å².